The Labute approximate surface area is 128 Å². The maximum atomic E-state index is 9.14. The van der Waals surface area contributed by atoms with Crippen LogP contribution in [0.5, 0.6) is 0 Å². The van der Waals surface area contributed by atoms with Crippen molar-refractivity contribution in [3.05, 3.63) is 35.2 Å². The molecule has 0 radical (unpaired) electrons. The number of aliphatic hydroxyl groups excluding tert-OH is 2. The summed E-state index contributed by atoms with van der Waals surface area (Å²) in [5.74, 6) is 0. The predicted molar refractivity (Wildman–Crippen MR) is 88.4 cm³/mol. The number of rotatable bonds is 7. The van der Waals surface area contributed by atoms with E-state index in [1.807, 2.05) is 35.2 Å². The van der Waals surface area contributed by atoms with Crippen LogP contribution in [-0.4, -0.2) is 36.5 Å². The number of hydrogen-bond donors (Lipinski definition) is 4. The van der Waals surface area contributed by atoms with E-state index in [0.717, 1.165) is 21.0 Å². The molecule has 1 heterocycles. The van der Waals surface area contributed by atoms with Crippen molar-refractivity contribution >= 4 is 22.7 Å². The maximum absolute atomic E-state index is 9.14. The summed E-state index contributed by atoms with van der Waals surface area (Å²) < 4.78 is 0. The quantitative estimate of drug-likeness (QED) is 0.577. The minimum atomic E-state index is 0.0377. The van der Waals surface area contributed by atoms with Gasteiger partial charge in [-0.05, 0) is 30.3 Å². The molecular formula is C15H21N3O2S. The summed E-state index contributed by atoms with van der Waals surface area (Å²) in [7, 11) is 0. The lowest BCUT2D eigenvalue weighted by atomic mass is 10.1. The Bertz CT molecular complexity index is 580. The number of hydrogen-bond acceptors (Lipinski definition) is 6. The first-order valence-electron chi connectivity index (χ1n) is 6.85. The molecule has 2 rings (SSSR count). The molecular weight excluding hydrogens is 286 g/mol. The second-order valence-electron chi connectivity index (χ2n) is 4.68. The zero-order valence-corrected chi connectivity index (χ0v) is 12.6. The van der Waals surface area contributed by atoms with Crippen molar-refractivity contribution < 1.29 is 10.2 Å². The number of nitrogens with zero attached hydrogens (tertiary/aromatic N) is 1. The molecule has 1 aromatic heterocycles. The molecule has 6 N–H and O–H groups in total. The van der Waals surface area contributed by atoms with Gasteiger partial charge in [-0.25, -0.2) is 0 Å². The van der Waals surface area contributed by atoms with Crippen molar-refractivity contribution in [1.82, 2.24) is 0 Å². The summed E-state index contributed by atoms with van der Waals surface area (Å²) in [4.78, 5) is 4.11. The summed E-state index contributed by atoms with van der Waals surface area (Å²) in [6.07, 6.45) is 0. The van der Waals surface area contributed by atoms with Crippen LogP contribution in [0, 0.1) is 0 Å². The Kier molecular flexibility index (Phi) is 5.58. The molecule has 0 aliphatic carbocycles. The largest absolute Gasteiger partial charge is 0.398 e. The second kappa shape index (κ2) is 7.42. The fourth-order valence-electron chi connectivity index (χ4n) is 2.20. The molecule has 0 saturated carbocycles. The van der Waals surface area contributed by atoms with E-state index in [-0.39, 0.29) is 13.2 Å². The van der Waals surface area contributed by atoms with Gasteiger partial charge in [0.25, 0.3) is 0 Å². The van der Waals surface area contributed by atoms with E-state index in [9.17, 15) is 0 Å². The first-order valence-corrected chi connectivity index (χ1v) is 7.66. The molecule has 0 unspecified atom stereocenters. The lowest BCUT2D eigenvalue weighted by molar-refractivity contribution is 0.281. The van der Waals surface area contributed by atoms with E-state index in [2.05, 4.69) is 0 Å². The van der Waals surface area contributed by atoms with Crippen LogP contribution in [0.25, 0.3) is 10.4 Å². The molecule has 1 aromatic carbocycles. The molecule has 114 valence electrons. The average Bonchev–Trinajstić information content (AvgIpc) is 2.96. The van der Waals surface area contributed by atoms with Gasteiger partial charge in [0.05, 0.1) is 13.2 Å². The highest BCUT2D eigenvalue weighted by Gasteiger charge is 2.11. The smallest absolute Gasteiger partial charge is 0.0606 e. The molecule has 0 saturated heterocycles. The molecule has 0 amide bonds. The molecule has 0 bridgehead atoms. The summed E-state index contributed by atoms with van der Waals surface area (Å²) >= 11 is 1.62. The first kappa shape index (κ1) is 15.8. The van der Waals surface area contributed by atoms with E-state index in [1.165, 1.54) is 0 Å². The van der Waals surface area contributed by atoms with Crippen LogP contribution in [0.2, 0.25) is 0 Å². The van der Waals surface area contributed by atoms with Gasteiger partial charge in [0.1, 0.15) is 0 Å². The molecule has 2 aromatic rings. The zero-order valence-electron chi connectivity index (χ0n) is 11.8. The lowest BCUT2D eigenvalue weighted by Crippen LogP contribution is -2.29. The summed E-state index contributed by atoms with van der Waals surface area (Å²) in [6.45, 7) is 1.54. The standard InChI is InChI=1S/C15H21N3O2S/c16-10-12-2-4-15(21-12)13-9-11(1-3-14(13)17)18(5-7-19)6-8-20/h1-4,9,19-20H,5-8,10,16-17H2. The second-order valence-corrected chi connectivity index (χ2v) is 5.84. The van der Waals surface area contributed by atoms with E-state index in [1.54, 1.807) is 11.3 Å². The van der Waals surface area contributed by atoms with Crippen LogP contribution in [0.3, 0.4) is 0 Å². The van der Waals surface area contributed by atoms with Crippen molar-refractivity contribution in [3.63, 3.8) is 0 Å². The molecule has 0 aliphatic heterocycles. The van der Waals surface area contributed by atoms with Crippen molar-refractivity contribution in [2.75, 3.05) is 36.9 Å². The van der Waals surface area contributed by atoms with Gasteiger partial charge < -0.3 is 26.6 Å². The van der Waals surface area contributed by atoms with Gasteiger partial charge >= 0.3 is 0 Å². The fraction of sp³-hybridized carbons (Fsp3) is 0.333. The molecule has 6 heteroatoms. The Morgan fingerprint density at radius 3 is 2.33 bits per heavy atom. The van der Waals surface area contributed by atoms with Crippen LogP contribution in [0.15, 0.2) is 30.3 Å². The highest BCUT2D eigenvalue weighted by Crippen LogP contribution is 2.34. The van der Waals surface area contributed by atoms with Gasteiger partial charge in [0, 0.05) is 46.3 Å². The molecule has 0 aliphatic rings. The Morgan fingerprint density at radius 1 is 1.05 bits per heavy atom. The van der Waals surface area contributed by atoms with Gasteiger partial charge in [-0.15, -0.1) is 11.3 Å². The van der Waals surface area contributed by atoms with Crippen molar-refractivity contribution in [3.8, 4) is 10.4 Å². The molecule has 5 nitrogen and oxygen atoms in total. The van der Waals surface area contributed by atoms with E-state index < -0.39 is 0 Å². The molecule has 21 heavy (non-hydrogen) atoms. The third-order valence-corrected chi connectivity index (χ3v) is 4.41. The van der Waals surface area contributed by atoms with E-state index in [0.29, 0.717) is 25.3 Å². The van der Waals surface area contributed by atoms with Gasteiger partial charge in [-0.1, -0.05) is 0 Å². The Hall–Kier alpha value is -1.60. The highest BCUT2D eigenvalue weighted by atomic mass is 32.1. The normalized spacial score (nSPS) is 10.8. The van der Waals surface area contributed by atoms with Gasteiger partial charge in [-0.2, -0.15) is 0 Å². The van der Waals surface area contributed by atoms with Crippen molar-refractivity contribution in [2.45, 2.75) is 6.54 Å². The number of aliphatic hydroxyl groups is 2. The minimum Gasteiger partial charge on any atom is -0.398 e. The molecule has 0 atom stereocenters. The van der Waals surface area contributed by atoms with Gasteiger partial charge in [0.15, 0.2) is 0 Å². The van der Waals surface area contributed by atoms with Crippen LogP contribution in [-0.2, 0) is 6.54 Å². The van der Waals surface area contributed by atoms with Gasteiger partial charge in [-0.3, -0.25) is 0 Å². The van der Waals surface area contributed by atoms with Crippen LogP contribution >= 0.6 is 11.3 Å². The van der Waals surface area contributed by atoms with Crippen LogP contribution < -0.4 is 16.4 Å². The number of nitrogen functional groups attached to an aromatic ring is 1. The fourth-order valence-corrected chi connectivity index (χ4v) is 3.12. The number of nitrogens with two attached hydrogens (primary N) is 2. The third kappa shape index (κ3) is 3.74. The Balaban J connectivity index is 2.35. The Morgan fingerprint density at radius 2 is 1.76 bits per heavy atom. The number of benzene rings is 1. The summed E-state index contributed by atoms with van der Waals surface area (Å²) in [6, 6.07) is 9.78. The molecule has 0 spiro atoms. The SMILES string of the molecule is NCc1ccc(-c2cc(N(CCO)CCO)ccc2N)s1. The van der Waals surface area contributed by atoms with Crippen LogP contribution in [0.4, 0.5) is 11.4 Å². The van der Waals surface area contributed by atoms with E-state index in [4.69, 9.17) is 21.7 Å². The number of anilines is 2. The topological polar surface area (TPSA) is 95.7 Å². The predicted octanol–water partition coefficient (Wildman–Crippen LogP) is 1.25. The first-order chi connectivity index (χ1) is 10.2. The third-order valence-electron chi connectivity index (χ3n) is 3.27. The van der Waals surface area contributed by atoms with E-state index >= 15 is 0 Å². The molecule has 0 fully saturated rings. The minimum absolute atomic E-state index is 0.0377. The average molecular weight is 307 g/mol. The highest BCUT2D eigenvalue weighted by molar-refractivity contribution is 7.15. The zero-order chi connectivity index (χ0) is 15.2. The van der Waals surface area contributed by atoms with Crippen LogP contribution in [0.1, 0.15) is 4.88 Å². The van der Waals surface area contributed by atoms with Crippen molar-refractivity contribution in [1.29, 1.82) is 0 Å². The summed E-state index contributed by atoms with van der Waals surface area (Å²) in [5, 5.41) is 18.3. The lowest BCUT2D eigenvalue weighted by Gasteiger charge is -2.23. The maximum Gasteiger partial charge on any atom is 0.0606 e. The van der Waals surface area contributed by atoms with Gasteiger partial charge in [0.2, 0.25) is 0 Å². The monoisotopic (exact) mass is 307 g/mol. The summed E-state index contributed by atoms with van der Waals surface area (Å²) in [5.41, 5.74) is 14.3. The number of thiophene rings is 1. The van der Waals surface area contributed by atoms with Crippen molar-refractivity contribution in [2.24, 2.45) is 5.73 Å².